The number of nitrogens with zero attached hydrogens (tertiary/aromatic N) is 1. The fourth-order valence-electron chi connectivity index (χ4n) is 6.08. The first kappa shape index (κ1) is 32.9. The number of aliphatic hydroxyl groups excluding tert-OH is 2. The molecule has 4 N–H and O–H groups in total. The quantitative estimate of drug-likeness (QED) is 0.260. The number of hydrogen-bond acceptors (Lipinski definition) is 7. The zero-order valence-electron chi connectivity index (χ0n) is 24.9. The first-order valence-electron chi connectivity index (χ1n) is 15.0. The van der Waals surface area contributed by atoms with E-state index in [2.05, 4.69) is 10.6 Å². The Morgan fingerprint density at radius 3 is 2.58 bits per heavy atom. The van der Waals surface area contributed by atoms with Gasteiger partial charge < -0.3 is 35.2 Å². The van der Waals surface area contributed by atoms with Crippen molar-refractivity contribution in [3.05, 3.63) is 70.3 Å². The molecule has 2 aromatic carbocycles. The monoisotopic (exact) mass is 603 g/mol. The maximum Gasteiger partial charge on any atom is 0.254 e. The molecule has 9 nitrogen and oxygen atoms in total. The third-order valence-electron chi connectivity index (χ3n) is 8.15. The molecule has 0 aromatic heterocycles. The number of hydrogen-bond donors (Lipinski definition) is 4. The lowest BCUT2D eigenvalue weighted by Crippen LogP contribution is -2.57. The van der Waals surface area contributed by atoms with Crippen LogP contribution in [0.25, 0.3) is 0 Å². The van der Waals surface area contributed by atoms with Gasteiger partial charge in [0.05, 0.1) is 30.9 Å². The molecule has 5 atom stereocenters. The van der Waals surface area contributed by atoms with E-state index in [4.69, 9.17) is 14.6 Å². The Balaban J connectivity index is 1.55. The Morgan fingerprint density at radius 1 is 1.12 bits per heavy atom. The maximum atomic E-state index is 14.0. The van der Waals surface area contributed by atoms with Crippen molar-refractivity contribution < 1.29 is 38.1 Å². The summed E-state index contributed by atoms with van der Waals surface area (Å²) in [6.07, 6.45) is 2.12. The fourth-order valence-corrected chi connectivity index (χ4v) is 6.08. The Labute approximate surface area is 251 Å². The lowest BCUT2D eigenvalue weighted by Gasteiger charge is -2.37. The van der Waals surface area contributed by atoms with Crippen LogP contribution in [0.1, 0.15) is 63.9 Å². The Morgan fingerprint density at radius 2 is 1.86 bits per heavy atom. The van der Waals surface area contributed by atoms with Crippen LogP contribution in [0.2, 0.25) is 0 Å². The van der Waals surface area contributed by atoms with Gasteiger partial charge in [-0.3, -0.25) is 9.59 Å². The topological polar surface area (TPSA) is 120 Å². The van der Waals surface area contributed by atoms with Crippen LogP contribution in [-0.2, 0) is 15.9 Å². The van der Waals surface area contributed by atoms with E-state index in [-0.39, 0.29) is 42.2 Å². The van der Waals surface area contributed by atoms with E-state index in [1.54, 1.807) is 37.1 Å². The third-order valence-corrected chi connectivity index (χ3v) is 8.15. The van der Waals surface area contributed by atoms with E-state index < -0.39 is 35.7 Å². The van der Waals surface area contributed by atoms with Crippen LogP contribution in [0.5, 0.6) is 0 Å². The van der Waals surface area contributed by atoms with Crippen molar-refractivity contribution in [2.45, 2.75) is 75.8 Å². The number of carbonyl (C=O) groups is 2. The summed E-state index contributed by atoms with van der Waals surface area (Å²) in [5, 5.41) is 26.7. The molecule has 2 amide bonds. The van der Waals surface area contributed by atoms with Crippen LogP contribution in [0, 0.1) is 18.6 Å². The molecule has 2 heterocycles. The molecule has 2 aromatic rings. The Kier molecular flexibility index (Phi) is 12.0. The number of aryl methyl sites for hydroxylation is 1. The zero-order chi connectivity index (χ0) is 30.9. The second-order valence-corrected chi connectivity index (χ2v) is 11.5. The lowest BCUT2D eigenvalue weighted by molar-refractivity contribution is -0.0113. The molecule has 0 aliphatic carbocycles. The molecule has 4 rings (SSSR count). The Bertz CT molecular complexity index is 1230. The molecule has 11 heteroatoms. The van der Waals surface area contributed by atoms with Crippen molar-refractivity contribution in [2.24, 2.45) is 0 Å². The van der Waals surface area contributed by atoms with Crippen LogP contribution in [0.3, 0.4) is 0 Å². The molecule has 0 unspecified atom stereocenters. The number of carbonyl (C=O) groups excluding carboxylic acids is 2. The van der Waals surface area contributed by atoms with Crippen LogP contribution in [0.4, 0.5) is 8.78 Å². The predicted octanol–water partition coefficient (Wildman–Crippen LogP) is 2.75. The molecule has 2 saturated heterocycles. The number of rotatable bonds is 13. The summed E-state index contributed by atoms with van der Waals surface area (Å²) < 4.78 is 39.2. The number of methoxy groups -OCH3 is 1. The highest BCUT2D eigenvalue weighted by Crippen LogP contribution is 2.23. The molecule has 0 bridgehead atoms. The van der Waals surface area contributed by atoms with Crippen molar-refractivity contribution in [1.82, 2.24) is 15.5 Å². The van der Waals surface area contributed by atoms with Gasteiger partial charge in [0.1, 0.15) is 11.6 Å². The first-order valence-corrected chi connectivity index (χ1v) is 15.0. The van der Waals surface area contributed by atoms with Gasteiger partial charge in [0, 0.05) is 50.1 Å². The summed E-state index contributed by atoms with van der Waals surface area (Å²) in [5.74, 6) is -2.20. The molecule has 2 fully saturated rings. The van der Waals surface area contributed by atoms with Gasteiger partial charge in [-0.15, -0.1) is 0 Å². The van der Waals surface area contributed by atoms with Crippen LogP contribution < -0.4 is 10.6 Å². The second-order valence-electron chi connectivity index (χ2n) is 11.5. The smallest absolute Gasteiger partial charge is 0.254 e. The molecule has 2 aliphatic heterocycles. The predicted molar refractivity (Wildman–Crippen MR) is 157 cm³/mol. The minimum Gasteiger partial charge on any atom is -0.396 e. The number of benzene rings is 2. The van der Waals surface area contributed by atoms with Crippen molar-refractivity contribution in [3.8, 4) is 0 Å². The van der Waals surface area contributed by atoms with Gasteiger partial charge in [-0.2, -0.15) is 0 Å². The highest BCUT2D eigenvalue weighted by molar-refractivity contribution is 6.00. The van der Waals surface area contributed by atoms with E-state index in [1.165, 1.54) is 12.1 Å². The molecule has 0 saturated carbocycles. The number of halogens is 2. The summed E-state index contributed by atoms with van der Waals surface area (Å²) in [6, 6.07) is 6.69. The van der Waals surface area contributed by atoms with Crippen molar-refractivity contribution >= 4 is 11.8 Å². The molecule has 0 spiro atoms. The number of aliphatic hydroxyl groups is 2. The third kappa shape index (κ3) is 9.02. The average Bonchev–Trinajstić information content (AvgIpc) is 3.44. The molecule has 43 heavy (non-hydrogen) atoms. The van der Waals surface area contributed by atoms with E-state index in [9.17, 15) is 23.5 Å². The molecule has 2 aliphatic rings. The molecular weight excluding hydrogens is 560 g/mol. The summed E-state index contributed by atoms with van der Waals surface area (Å²) in [7, 11) is 1.60. The fraction of sp³-hybridized carbons (Fsp3) is 0.562. The largest absolute Gasteiger partial charge is 0.396 e. The summed E-state index contributed by atoms with van der Waals surface area (Å²) >= 11 is 0. The minimum atomic E-state index is -1.12. The first-order chi connectivity index (χ1) is 20.7. The summed E-state index contributed by atoms with van der Waals surface area (Å²) in [5.41, 5.74) is 1.64. The number of likely N-dealkylation sites (tertiary alicyclic amines) is 1. The van der Waals surface area contributed by atoms with E-state index in [1.807, 2.05) is 0 Å². The average molecular weight is 604 g/mol. The van der Waals surface area contributed by atoms with Gasteiger partial charge in [0.25, 0.3) is 11.8 Å². The normalized spacial score (nSPS) is 21.9. The summed E-state index contributed by atoms with van der Waals surface area (Å²) in [6.45, 7) is 3.84. The van der Waals surface area contributed by atoms with Crippen LogP contribution in [-0.4, -0.2) is 97.3 Å². The van der Waals surface area contributed by atoms with Gasteiger partial charge in [0.15, 0.2) is 0 Å². The number of piperidine rings is 1. The summed E-state index contributed by atoms with van der Waals surface area (Å²) in [4.78, 5) is 28.8. The highest BCUT2D eigenvalue weighted by Gasteiger charge is 2.34. The molecular formula is C32H43F2N3O6. The van der Waals surface area contributed by atoms with Crippen molar-refractivity contribution in [3.63, 3.8) is 0 Å². The molecule has 236 valence electrons. The van der Waals surface area contributed by atoms with Gasteiger partial charge in [-0.1, -0.05) is 0 Å². The number of amides is 2. The minimum absolute atomic E-state index is 0.0212. The maximum absolute atomic E-state index is 14.0. The van der Waals surface area contributed by atoms with Gasteiger partial charge in [-0.25, -0.2) is 8.78 Å². The van der Waals surface area contributed by atoms with E-state index in [0.717, 1.165) is 30.9 Å². The van der Waals surface area contributed by atoms with Gasteiger partial charge in [-0.05, 0) is 93.5 Å². The standard InChI is InChI=1S/C32H43F2N3O6/c1-20-11-22(16-23(12-20)32(41)37-8-3-5-26(37)19-42-2)31(40)36-29(15-21-13-24(33)17-25(34)14-21)30(39)28-18-27(6-7-35-28)43-10-4-9-38/h11-14,16-17,26-30,35,38-39H,3-10,15,18-19H2,1-2H3,(H,36,40)/t26-,27+,28-,29+,30-/m1/s1. The SMILES string of the molecule is COC[C@H]1CCCN1C(=O)c1cc(C)cc(C(=O)N[C@@H](Cc2cc(F)cc(F)c2)[C@H](O)[C@H]2C[C@@H](OCCCO)CCN2)c1. The van der Waals surface area contributed by atoms with Crippen LogP contribution >= 0.6 is 0 Å². The second kappa shape index (κ2) is 15.7. The number of ether oxygens (including phenoxy) is 2. The van der Waals surface area contributed by atoms with Gasteiger partial charge in [0.2, 0.25) is 0 Å². The zero-order valence-corrected chi connectivity index (χ0v) is 24.9. The number of nitrogens with one attached hydrogen (secondary N) is 2. The van der Waals surface area contributed by atoms with Crippen molar-refractivity contribution in [2.75, 3.05) is 40.0 Å². The highest BCUT2D eigenvalue weighted by atomic mass is 19.1. The Hall–Kier alpha value is -2.96. The molecule has 0 radical (unpaired) electrons. The van der Waals surface area contributed by atoms with E-state index in [0.29, 0.717) is 44.7 Å². The van der Waals surface area contributed by atoms with Crippen molar-refractivity contribution in [1.29, 1.82) is 0 Å². The van der Waals surface area contributed by atoms with E-state index >= 15 is 0 Å². The van der Waals surface area contributed by atoms with Crippen LogP contribution in [0.15, 0.2) is 36.4 Å². The lowest BCUT2D eigenvalue weighted by atomic mass is 9.90. The van der Waals surface area contributed by atoms with Gasteiger partial charge >= 0.3 is 0 Å².